The van der Waals surface area contributed by atoms with E-state index in [0.717, 1.165) is 27.2 Å². The molecule has 2 aromatic heterocycles. The number of aromatic nitrogens is 2. The summed E-state index contributed by atoms with van der Waals surface area (Å²) in [6.07, 6.45) is 0. The van der Waals surface area contributed by atoms with Crippen LogP contribution in [0.3, 0.4) is 0 Å². The number of nitrogens with zero attached hydrogens (tertiary/aromatic N) is 4. The first kappa shape index (κ1) is 21.0. The number of amides is 2. The number of carbonyl (C=O) groups excluding carboxylic acids is 1. The van der Waals surface area contributed by atoms with Crippen molar-refractivity contribution in [2.45, 2.75) is 25.4 Å². The Labute approximate surface area is 194 Å². The average Bonchev–Trinajstić information content (AvgIpc) is 3.29. The van der Waals surface area contributed by atoms with Gasteiger partial charge in [-0.05, 0) is 31.3 Å². The maximum atomic E-state index is 12.3. The normalized spacial score (nSPS) is 18.1. The number of nitrogens with one attached hydrogen (secondary N) is 1. The molecule has 3 heterocycles. The smallest absolute Gasteiger partial charge is 0.341 e. The van der Waals surface area contributed by atoms with Crippen molar-refractivity contribution >= 4 is 40.7 Å². The Balaban J connectivity index is 1.53. The topological polar surface area (TPSA) is 99.8 Å². The van der Waals surface area contributed by atoms with Crippen LogP contribution >= 0.6 is 11.3 Å². The van der Waals surface area contributed by atoms with Crippen molar-refractivity contribution in [2.24, 2.45) is 9.98 Å². The van der Waals surface area contributed by atoms with E-state index in [9.17, 15) is 9.90 Å². The van der Waals surface area contributed by atoms with Gasteiger partial charge >= 0.3 is 6.03 Å². The molecule has 7 nitrogen and oxygen atoms in total. The van der Waals surface area contributed by atoms with E-state index in [1.807, 2.05) is 54.8 Å². The van der Waals surface area contributed by atoms with Crippen molar-refractivity contribution in [1.29, 1.82) is 0 Å². The molecule has 0 spiro atoms. The molecular weight excluding hydrogens is 434 g/mol. The van der Waals surface area contributed by atoms with Crippen LogP contribution in [0.15, 0.2) is 70.0 Å². The number of rotatable bonds is 5. The maximum Gasteiger partial charge on any atom is 0.341 e. The fraction of sp³-hybridized carbons (Fsp3) is 0.160. The summed E-state index contributed by atoms with van der Waals surface area (Å²) in [5.74, 6) is -0.161. The van der Waals surface area contributed by atoms with Crippen molar-refractivity contribution in [1.82, 2.24) is 15.3 Å². The molecule has 0 saturated carbocycles. The molecule has 2 aromatic carbocycles. The highest BCUT2D eigenvalue weighted by molar-refractivity contribution is 7.10. The van der Waals surface area contributed by atoms with Crippen LogP contribution in [0.5, 0.6) is 5.75 Å². The molecule has 0 bridgehead atoms. The summed E-state index contributed by atoms with van der Waals surface area (Å²) in [5.41, 5.74) is 4.78. The number of fused-ring (bicyclic) bond motifs is 1. The zero-order chi connectivity index (χ0) is 22.9. The van der Waals surface area contributed by atoms with E-state index in [0.29, 0.717) is 23.5 Å². The Morgan fingerprint density at radius 1 is 1.12 bits per heavy atom. The quantitative estimate of drug-likeness (QED) is 0.400. The molecule has 164 valence electrons. The summed E-state index contributed by atoms with van der Waals surface area (Å²) in [6.45, 7) is 5.96. The van der Waals surface area contributed by atoms with Gasteiger partial charge in [0.15, 0.2) is 0 Å². The second-order valence-corrected chi connectivity index (χ2v) is 8.78. The van der Waals surface area contributed by atoms with Crippen LogP contribution in [0.4, 0.5) is 4.79 Å². The van der Waals surface area contributed by atoms with Crippen LogP contribution < -0.4 is 5.32 Å². The zero-order valence-electron chi connectivity index (χ0n) is 17.9. The van der Waals surface area contributed by atoms with Crippen LogP contribution in [-0.2, 0) is 6.54 Å². The van der Waals surface area contributed by atoms with Gasteiger partial charge in [-0.2, -0.15) is 0 Å². The largest absolute Gasteiger partial charge is 0.506 e. The predicted octanol–water partition coefficient (Wildman–Crippen LogP) is 5.27. The van der Waals surface area contributed by atoms with Crippen molar-refractivity contribution in [3.05, 3.63) is 76.2 Å². The predicted molar refractivity (Wildman–Crippen MR) is 131 cm³/mol. The van der Waals surface area contributed by atoms with E-state index >= 15 is 0 Å². The highest BCUT2D eigenvalue weighted by Crippen LogP contribution is 2.38. The summed E-state index contributed by atoms with van der Waals surface area (Å²) in [5, 5.41) is 16.9. The van der Waals surface area contributed by atoms with Gasteiger partial charge in [-0.1, -0.05) is 42.5 Å². The molecule has 1 aliphatic rings. The third kappa shape index (κ3) is 4.01. The SMILES string of the molecule is C=NCc1ccc(-c2csc(C3C(C)=NC(=O)NC3c3ccc4cccc(O)c4n3)n2)cc1. The molecule has 2 unspecified atom stereocenters. The number of para-hydroxylation sites is 1. The molecule has 33 heavy (non-hydrogen) atoms. The highest BCUT2D eigenvalue weighted by Gasteiger charge is 2.36. The lowest BCUT2D eigenvalue weighted by Gasteiger charge is -2.29. The number of phenols is 1. The lowest BCUT2D eigenvalue weighted by molar-refractivity contribution is 0.242. The number of pyridine rings is 1. The Morgan fingerprint density at radius 2 is 1.94 bits per heavy atom. The Kier molecular flexibility index (Phi) is 5.43. The second-order valence-electron chi connectivity index (χ2n) is 7.89. The van der Waals surface area contributed by atoms with Crippen LogP contribution in [0, 0.1) is 0 Å². The number of aromatic hydroxyl groups is 1. The van der Waals surface area contributed by atoms with Crippen LogP contribution in [0.25, 0.3) is 22.2 Å². The molecule has 8 heteroatoms. The van der Waals surface area contributed by atoms with Gasteiger partial charge in [-0.3, -0.25) is 4.99 Å². The number of carbonyl (C=O) groups is 1. The molecule has 4 aromatic rings. The van der Waals surface area contributed by atoms with Gasteiger partial charge in [0.1, 0.15) is 16.3 Å². The van der Waals surface area contributed by atoms with Gasteiger partial charge in [0.2, 0.25) is 0 Å². The van der Waals surface area contributed by atoms with Gasteiger partial charge in [-0.15, -0.1) is 11.3 Å². The molecule has 2 amide bonds. The summed E-state index contributed by atoms with van der Waals surface area (Å²) in [7, 11) is 0. The lowest BCUT2D eigenvalue weighted by atomic mass is 9.91. The second kappa shape index (κ2) is 8.55. The molecule has 0 aliphatic carbocycles. The first-order chi connectivity index (χ1) is 16.0. The molecule has 0 saturated heterocycles. The number of urea groups is 1. The molecule has 0 fully saturated rings. The summed E-state index contributed by atoms with van der Waals surface area (Å²) >= 11 is 1.53. The van der Waals surface area contributed by atoms with Crippen LogP contribution in [0.2, 0.25) is 0 Å². The number of hydrogen-bond acceptors (Lipinski definition) is 6. The van der Waals surface area contributed by atoms with Gasteiger partial charge in [-0.25, -0.2) is 19.8 Å². The minimum Gasteiger partial charge on any atom is -0.506 e. The van der Waals surface area contributed by atoms with E-state index in [-0.39, 0.29) is 11.7 Å². The first-order valence-electron chi connectivity index (χ1n) is 10.4. The number of benzene rings is 2. The number of thiazole rings is 1. The van der Waals surface area contributed by atoms with Gasteiger partial charge in [0.25, 0.3) is 0 Å². The molecular formula is C25H21N5O2S. The minimum atomic E-state index is -0.445. The molecule has 5 rings (SSSR count). The number of hydrogen-bond donors (Lipinski definition) is 2. The fourth-order valence-electron chi connectivity index (χ4n) is 4.08. The molecule has 0 radical (unpaired) electrons. The maximum absolute atomic E-state index is 12.3. The van der Waals surface area contributed by atoms with Crippen molar-refractivity contribution in [3.63, 3.8) is 0 Å². The van der Waals surface area contributed by atoms with Crippen molar-refractivity contribution in [3.8, 4) is 17.0 Å². The van der Waals surface area contributed by atoms with E-state index in [2.05, 4.69) is 27.0 Å². The third-order valence-electron chi connectivity index (χ3n) is 5.71. The van der Waals surface area contributed by atoms with E-state index in [4.69, 9.17) is 4.98 Å². The molecule has 1 aliphatic heterocycles. The van der Waals surface area contributed by atoms with Crippen LogP contribution in [0.1, 0.15) is 35.1 Å². The molecule has 2 atom stereocenters. The van der Waals surface area contributed by atoms with Crippen molar-refractivity contribution < 1.29 is 9.90 Å². The number of phenolic OH excluding ortho intramolecular Hbond substituents is 1. The van der Waals surface area contributed by atoms with Crippen LogP contribution in [-0.4, -0.2) is 33.5 Å². The lowest BCUT2D eigenvalue weighted by Crippen LogP contribution is -2.39. The number of aliphatic imine (C=N–C) groups is 2. The van der Waals surface area contributed by atoms with Gasteiger partial charge in [0, 0.05) is 22.0 Å². The van der Waals surface area contributed by atoms with E-state index in [1.165, 1.54) is 11.3 Å². The Hall–Kier alpha value is -3.91. The summed E-state index contributed by atoms with van der Waals surface area (Å²) in [6, 6.07) is 16.3. The minimum absolute atomic E-state index is 0.102. The molecule has 2 N–H and O–H groups in total. The highest BCUT2D eigenvalue weighted by atomic mass is 32.1. The Morgan fingerprint density at radius 3 is 2.73 bits per heavy atom. The first-order valence-corrected chi connectivity index (χ1v) is 11.3. The monoisotopic (exact) mass is 455 g/mol. The average molecular weight is 456 g/mol. The Bertz CT molecular complexity index is 1390. The zero-order valence-corrected chi connectivity index (χ0v) is 18.7. The van der Waals surface area contributed by atoms with Gasteiger partial charge in [0.05, 0.1) is 29.9 Å². The summed E-state index contributed by atoms with van der Waals surface area (Å²) < 4.78 is 0. The fourth-order valence-corrected chi connectivity index (χ4v) is 5.10. The summed E-state index contributed by atoms with van der Waals surface area (Å²) in [4.78, 5) is 29.9. The van der Waals surface area contributed by atoms with E-state index < -0.39 is 12.1 Å². The van der Waals surface area contributed by atoms with Gasteiger partial charge < -0.3 is 10.4 Å². The van der Waals surface area contributed by atoms with E-state index in [1.54, 1.807) is 12.1 Å². The third-order valence-corrected chi connectivity index (χ3v) is 6.64. The standard InChI is InChI=1S/C25H21N5O2S/c1-14-21(24-29-19(13-33-24)16-8-6-15(7-9-16)12-26-2)23(30-25(32)27-14)18-11-10-17-4-3-5-20(31)22(17)28-18/h3-11,13,21,23,31H,2,12H2,1H3,(H,30,32). The van der Waals surface area contributed by atoms with Crippen molar-refractivity contribution in [2.75, 3.05) is 0 Å².